The number of carbonyl (C=O) groups excluding carboxylic acids is 2. The Bertz CT molecular complexity index is 846. The first-order valence-electron chi connectivity index (χ1n) is 8.11. The van der Waals surface area contributed by atoms with Crippen LogP contribution < -0.4 is 10.6 Å². The maximum Gasteiger partial charge on any atom is 0.271 e. The second-order valence-electron chi connectivity index (χ2n) is 5.83. The first-order valence-corrected chi connectivity index (χ1v) is 8.11. The Kier molecular flexibility index (Phi) is 5.23. The van der Waals surface area contributed by atoms with E-state index in [0.29, 0.717) is 30.0 Å². The molecule has 0 aromatic heterocycles. The van der Waals surface area contributed by atoms with Crippen molar-refractivity contribution < 1.29 is 19.2 Å². The van der Waals surface area contributed by atoms with Crippen LogP contribution in [0.1, 0.15) is 23.2 Å². The summed E-state index contributed by atoms with van der Waals surface area (Å²) in [6.45, 7) is 0.573. The molecule has 0 spiro atoms. The highest BCUT2D eigenvalue weighted by atomic mass is 16.6. The topological polar surface area (TPSA) is 111 Å². The summed E-state index contributed by atoms with van der Waals surface area (Å²) in [6, 6.07) is 12.1. The smallest absolute Gasteiger partial charge is 0.271 e. The lowest BCUT2D eigenvalue weighted by atomic mass is 10.1. The zero-order chi connectivity index (χ0) is 18.5. The average molecular weight is 355 g/mol. The van der Waals surface area contributed by atoms with E-state index in [4.69, 9.17) is 4.74 Å². The summed E-state index contributed by atoms with van der Waals surface area (Å²) in [4.78, 5) is 34.7. The molecule has 8 nitrogen and oxygen atoms in total. The number of hydrogen-bond donors (Lipinski definition) is 2. The van der Waals surface area contributed by atoms with Gasteiger partial charge in [-0.05, 0) is 37.1 Å². The number of nitro groups is 1. The monoisotopic (exact) mass is 355 g/mol. The number of non-ortho nitro benzene ring substituents is 1. The van der Waals surface area contributed by atoms with Crippen molar-refractivity contribution in [3.63, 3.8) is 0 Å². The van der Waals surface area contributed by atoms with Gasteiger partial charge in [0.15, 0.2) is 0 Å². The molecule has 0 bridgehead atoms. The van der Waals surface area contributed by atoms with Crippen LogP contribution in [0.3, 0.4) is 0 Å². The van der Waals surface area contributed by atoms with Gasteiger partial charge in [0.05, 0.1) is 4.92 Å². The van der Waals surface area contributed by atoms with Gasteiger partial charge in [0.2, 0.25) is 0 Å². The fourth-order valence-electron chi connectivity index (χ4n) is 2.65. The van der Waals surface area contributed by atoms with Crippen molar-refractivity contribution >= 4 is 28.9 Å². The third kappa shape index (κ3) is 4.22. The normalized spacial score (nSPS) is 16.1. The molecular formula is C18H17N3O5. The van der Waals surface area contributed by atoms with Crippen LogP contribution in [0.15, 0.2) is 48.5 Å². The Morgan fingerprint density at radius 1 is 1.08 bits per heavy atom. The molecule has 1 saturated heterocycles. The van der Waals surface area contributed by atoms with E-state index in [1.54, 1.807) is 30.3 Å². The Morgan fingerprint density at radius 3 is 2.50 bits per heavy atom. The predicted octanol–water partition coefficient (Wildman–Crippen LogP) is 2.96. The minimum atomic E-state index is -0.531. The van der Waals surface area contributed by atoms with Crippen molar-refractivity contribution in [1.82, 2.24) is 0 Å². The molecule has 2 aromatic rings. The fraction of sp³-hybridized carbons (Fsp3) is 0.222. The molecule has 1 heterocycles. The van der Waals surface area contributed by atoms with Crippen LogP contribution in [-0.4, -0.2) is 29.4 Å². The predicted molar refractivity (Wildman–Crippen MR) is 95.1 cm³/mol. The van der Waals surface area contributed by atoms with E-state index in [1.807, 2.05) is 0 Å². The molecule has 134 valence electrons. The highest BCUT2D eigenvalue weighted by Gasteiger charge is 2.23. The molecule has 1 aliphatic heterocycles. The van der Waals surface area contributed by atoms with E-state index < -0.39 is 16.9 Å². The zero-order valence-electron chi connectivity index (χ0n) is 13.8. The van der Waals surface area contributed by atoms with E-state index in [1.165, 1.54) is 18.2 Å². The number of hydrogen-bond acceptors (Lipinski definition) is 5. The second-order valence-corrected chi connectivity index (χ2v) is 5.83. The van der Waals surface area contributed by atoms with Crippen LogP contribution in [0.4, 0.5) is 17.1 Å². The first kappa shape index (κ1) is 17.6. The summed E-state index contributed by atoms with van der Waals surface area (Å²) in [5, 5.41) is 16.1. The van der Waals surface area contributed by atoms with Gasteiger partial charge >= 0.3 is 0 Å². The molecule has 1 atom stereocenters. The second kappa shape index (κ2) is 7.75. The third-order valence-electron chi connectivity index (χ3n) is 3.93. The van der Waals surface area contributed by atoms with Gasteiger partial charge in [0.1, 0.15) is 6.10 Å². The lowest BCUT2D eigenvalue weighted by Gasteiger charge is -2.11. The first-order chi connectivity index (χ1) is 12.5. The van der Waals surface area contributed by atoms with Crippen LogP contribution in [0.2, 0.25) is 0 Å². The number of nitro benzene ring substituents is 1. The van der Waals surface area contributed by atoms with Crippen LogP contribution >= 0.6 is 0 Å². The molecule has 1 aliphatic rings. The molecule has 0 aliphatic carbocycles. The van der Waals surface area contributed by atoms with Gasteiger partial charge in [0, 0.05) is 35.7 Å². The van der Waals surface area contributed by atoms with Crippen LogP contribution in [0, 0.1) is 10.1 Å². The van der Waals surface area contributed by atoms with Crippen LogP contribution in [0.5, 0.6) is 0 Å². The third-order valence-corrected chi connectivity index (χ3v) is 3.93. The molecule has 26 heavy (non-hydrogen) atoms. The van der Waals surface area contributed by atoms with E-state index in [9.17, 15) is 19.7 Å². The van der Waals surface area contributed by atoms with Crippen molar-refractivity contribution in [2.75, 3.05) is 17.2 Å². The van der Waals surface area contributed by atoms with Crippen molar-refractivity contribution in [1.29, 1.82) is 0 Å². The lowest BCUT2D eigenvalue weighted by Crippen LogP contribution is -2.27. The van der Waals surface area contributed by atoms with Crippen LogP contribution in [0.25, 0.3) is 0 Å². The largest absolute Gasteiger partial charge is 0.368 e. The number of carbonyl (C=O) groups is 2. The van der Waals surface area contributed by atoms with Gasteiger partial charge < -0.3 is 15.4 Å². The van der Waals surface area contributed by atoms with E-state index in [2.05, 4.69) is 10.6 Å². The van der Waals surface area contributed by atoms with Gasteiger partial charge in [0.25, 0.3) is 17.5 Å². The molecule has 2 amide bonds. The van der Waals surface area contributed by atoms with Crippen molar-refractivity contribution in [3.05, 3.63) is 64.2 Å². The quantitative estimate of drug-likeness (QED) is 0.633. The molecule has 8 heteroatoms. The minimum absolute atomic E-state index is 0.111. The summed E-state index contributed by atoms with van der Waals surface area (Å²) in [7, 11) is 0. The van der Waals surface area contributed by atoms with E-state index in [0.717, 1.165) is 6.42 Å². The summed E-state index contributed by atoms with van der Waals surface area (Å²) >= 11 is 0. The number of benzene rings is 2. The molecule has 3 rings (SSSR count). The maximum absolute atomic E-state index is 12.4. The number of ether oxygens (including phenoxy) is 1. The molecule has 0 saturated carbocycles. The summed E-state index contributed by atoms with van der Waals surface area (Å²) in [5.41, 5.74) is 1.01. The van der Waals surface area contributed by atoms with Gasteiger partial charge in [-0.25, -0.2) is 0 Å². The number of nitrogens with one attached hydrogen (secondary N) is 2. The van der Waals surface area contributed by atoms with Crippen molar-refractivity contribution in [2.45, 2.75) is 18.9 Å². The molecule has 1 fully saturated rings. The average Bonchev–Trinajstić information content (AvgIpc) is 3.17. The molecule has 1 unspecified atom stereocenters. The van der Waals surface area contributed by atoms with Crippen molar-refractivity contribution in [3.8, 4) is 0 Å². The van der Waals surface area contributed by atoms with E-state index in [-0.39, 0.29) is 11.6 Å². The maximum atomic E-state index is 12.4. The summed E-state index contributed by atoms with van der Waals surface area (Å²) < 4.78 is 5.33. The van der Waals surface area contributed by atoms with Crippen molar-refractivity contribution in [2.24, 2.45) is 0 Å². The van der Waals surface area contributed by atoms with E-state index >= 15 is 0 Å². The number of amides is 2. The summed E-state index contributed by atoms with van der Waals surface area (Å²) in [5.74, 6) is -0.669. The highest BCUT2D eigenvalue weighted by Crippen LogP contribution is 2.19. The molecular weight excluding hydrogens is 338 g/mol. The van der Waals surface area contributed by atoms with Gasteiger partial charge in [-0.15, -0.1) is 0 Å². The Morgan fingerprint density at radius 2 is 1.81 bits per heavy atom. The van der Waals surface area contributed by atoms with Gasteiger partial charge in [-0.1, -0.05) is 12.1 Å². The highest BCUT2D eigenvalue weighted by molar-refractivity contribution is 6.05. The summed E-state index contributed by atoms with van der Waals surface area (Å²) in [6.07, 6.45) is 1.07. The lowest BCUT2D eigenvalue weighted by molar-refractivity contribution is -0.384. The Balaban J connectivity index is 1.69. The number of anilines is 2. The number of rotatable bonds is 5. The SMILES string of the molecule is O=C(Nc1cccc([N+](=O)[O-])c1)c1cccc(NC(=O)C2CCCO2)c1. The molecule has 2 N–H and O–H groups in total. The Labute approximate surface area is 149 Å². The number of nitrogens with zero attached hydrogens (tertiary/aromatic N) is 1. The minimum Gasteiger partial charge on any atom is -0.368 e. The molecule has 2 aromatic carbocycles. The fourth-order valence-corrected chi connectivity index (χ4v) is 2.65. The van der Waals surface area contributed by atoms with Crippen LogP contribution in [-0.2, 0) is 9.53 Å². The molecule has 0 radical (unpaired) electrons. The Hall–Kier alpha value is -3.26. The van der Waals surface area contributed by atoms with Gasteiger partial charge in [-0.3, -0.25) is 19.7 Å². The standard InChI is InChI=1S/C18H17N3O5/c22-17(19-14-6-2-7-15(11-14)21(24)25)12-4-1-5-13(10-12)20-18(23)16-8-3-9-26-16/h1-2,4-7,10-11,16H,3,8-9H2,(H,19,22)(H,20,23). The zero-order valence-corrected chi connectivity index (χ0v) is 13.8. The van der Waals surface area contributed by atoms with Gasteiger partial charge in [-0.2, -0.15) is 0 Å².